The predicted molar refractivity (Wildman–Crippen MR) is 128 cm³/mol. The molecule has 0 spiro atoms. The second-order valence-corrected chi connectivity index (χ2v) is 12.2. The molecule has 4 fully saturated rings. The number of fused-ring (bicyclic) bond motifs is 5. The third kappa shape index (κ3) is 2.93. The van der Waals surface area contributed by atoms with E-state index in [9.17, 15) is 19.5 Å². The summed E-state index contributed by atoms with van der Waals surface area (Å²) in [6.07, 6.45) is 1.53. The van der Waals surface area contributed by atoms with Crippen LogP contribution in [0.1, 0.15) is 52.9 Å². The van der Waals surface area contributed by atoms with E-state index in [1.54, 1.807) is 13.8 Å². The molecule has 4 saturated carbocycles. The number of carbonyl (C=O) groups excluding carboxylic acids is 3. The summed E-state index contributed by atoms with van der Waals surface area (Å²) in [4.78, 5) is 38.2. The van der Waals surface area contributed by atoms with E-state index in [1.807, 2.05) is 0 Å². The zero-order valence-corrected chi connectivity index (χ0v) is 21.1. The molecule has 0 aliphatic heterocycles. The van der Waals surface area contributed by atoms with Crippen LogP contribution in [0.4, 0.5) is 8.78 Å². The summed E-state index contributed by atoms with van der Waals surface area (Å²) < 4.78 is 38.9. The maximum Gasteiger partial charge on any atom is 0.310 e. The van der Waals surface area contributed by atoms with E-state index in [1.165, 1.54) is 19.1 Å². The lowest BCUT2D eigenvalue weighted by Gasteiger charge is -2.63. The van der Waals surface area contributed by atoms with Gasteiger partial charge in [0.05, 0.1) is 12.0 Å². The molecule has 0 aromatic carbocycles. The van der Waals surface area contributed by atoms with Gasteiger partial charge in [-0.15, -0.1) is 12.6 Å². The van der Waals surface area contributed by atoms with E-state index in [4.69, 9.17) is 4.74 Å². The van der Waals surface area contributed by atoms with Crippen LogP contribution in [0.25, 0.3) is 0 Å². The highest BCUT2D eigenvalue weighted by Crippen LogP contribution is 2.72. The van der Waals surface area contributed by atoms with Crippen LogP contribution < -0.4 is 0 Å². The first-order valence-electron chi connectivity index (χ1n) is 12.3. The van der Waals surface area contributed by atoms with Crippen LogP contribution in [0.2, 0.25) is 0 Å². The molecule has 0 bridgehead atoms. The Balaban J connectivity index is 1.59. The van der Waals surface area contributed by atoms with E-state index in [0.29, 0.717) is 19.3 Å². The summed E-state index contributed by atoms with van der Waals surface area (Å²) in [5, 5.41) is 10.8. The fraction of sp³-hybridized carbons (Fsp3) is 0.667. The van der Waals surface area contributed by atoms with Crippen molar-refractivity contribution >= 4 is 29.5 Å². The molecule has 0 amide bonds. The number of allylic oxidation sites excluding steroid dienone is 5. The van der Waals surface area contributed by atoms with Crippen molar-refractivity contribution in [2.45, 2.75) is 76.4 Å². The van der Waals surface area contributed by atoms with Crippen molar-refractivity contribution in [2.24, 2.45) is 34.5 Å². The number of esters is 1. The molecule has 0 saturated heterocycles. The van der Waals surface area contributed by atoms with Crippen LogP contribution in [0.3, 0.4) is 0 Å². The number of aliphatic hydroxyl groups excluding tert-OH is 1. The summed E-state index contributed by atoms with van der Waals surface area (Å²) in [5.74, 6) is -3.32. The molecular formula is C27H32F2O5S. The van der Waals surface area contributed by atoms with Gasteiger partial charge in [0.25, 0.3) is 0 Å². The second kappa shape index (κ2) is 7.60. The largest absolute Gasteiger partial charge is 0.449 e. The Morgan fingerprint density at radius 2 is 1.89 bits per heavy atom. The molecule has 0 aromatic heterocycles. The number of ketones is 1. The molecule has 5 nitrogen and oxygen atoms in total. The minimum atomic E-state index is -2.26. The summed E-state index contributed by atoms with van der Waals surface area (Å²) in [6, 6.07) is 0. The number of aliphatic hydroxyl groups is 1. The van der Waals surface area contributed by atoms with Crippen molar-refractivity contribution in [2.75, 3.05) is 0 Å². The molecule has 5 aliphatic carbocycles. The van der Waals surface area contributed by atoms with E-state index in [2.05, 4.69) is 19.2 Å². The van der Waals surface area contributed by atoms with Gasteiger partial charge in [0.15, 0.2) is 17.1 Å². The maximum atomic E-state index is 17.3. The Bertz CT molecular complexity index is 1090. The number of ether oxygens (including phenoxy) is 1. The van der Waals surface area contributed by atoms with Crippen molar-refractivity contribution < 1.29 is 33.0 Å². The van der Waals surface area contributed by atoms with Crippen molar-refractivity contribution in [3.05, 3.63) is 36.0 Å². The number of thiol groups is 1. The first-order valence-corrected chi connectivity index (χ1v) is 12.8. The number of carbonyl (C=O) groups is 3. The second-order valence-electron chi connectivity index (χ2n) is 11.8. The Morgan fingerprint density at radius 3 is 2.49 bits per heavy atom. The summed E-state index contributed by atoms with van der Waals surface area (Å²) >= 11 is 4.16. The molecule has 5 aliphatic rings. The van der Waals surface area contributed by atoms with Crippen LogP contribution in [0, 0.1) is 34.5 Å². The van der Waals surface area contributed by atoms with Crippen molar-refractivity contribution in [3.63, 3.8) is 0 Å². The molecule has 0 unspecified atom stereocenters. The molecule has 0 radical (unpaired) electrons. The van der Waals surface area contributed by atoms with Gasteiger partial charge in [-0.3, -0.25) is 14.4 Å². The van der Waals surface area contributed by atoms with Crippen molar-refractivity contribution in [3.8, 4) is 0 Å². The summed E-state index contributed by atoms with van der Waals surface area (Å²) in [6.45, 7) is 8.91. The molecule has 0 heterocycles. The third-order valence-electron chi connectivity index (χ3n) is 10.2. The minimum Gasteiger partial charge on any atom is -0.449 e. The van der Waals surface area contributed by atoms with Crippen LogP contribution in [-0.2, 0) is 19.1 Å². The van der Waals surface area contributed by atoms with E-state index >= 15 is 8.78 Å². The van der Waals surface area contributed by atoms with Crippen LogP contribution in [0.5, 0.6) is 0 Å². The maximum absolute atomic E-state index is 17.3. The minimum absolute atomic E-state index is 0.0469. The topological polar surface area (TPSA) is 80.7 Å². The lowest BCUT2D eigenvalue weighted by atomic mass is 9.44. The van der Waals surface area contributed by atoms with Gasteiger partial charge in [0.1, 0.15) is 6.17 Å². The Kier molecular flexibility index (Phi) is 5.40. The number of halogens is 2. The highest BCUT2D eigenvalue weighted by Gasteiger charge is 2.78. The molecule has 190 valence electrons. The average molecular weight is 507 g/mol. The lowest BCUT2D eigenvalue weighted by Crippen LogP contribution is -2.70. The smallest absolute Gasteiger partial charge is 0.310 e. The normalized spacial score (nSPS) is 48.9. The number of hydrogen-bond acceptors (Lipinski definition) is 5. The van der Waals surface area contributed by atoms with Gasteiger partial charge in [-0.25, -0.2) is 8.78 Å². The average Bonchev–Trinajstić information content (AvgIpc) is 2.97. The number of hydrogen-bond donors (Lipinski definition) is 2. The van der Waals surface area contributed by atoms with Gasteiger partial charge in [-0.2, -0.15) is 0 Å². The van der Waals surface area contributed by atoms with E-state index in [-0.39, 0.29) is 18.4 Å². The quantitative estimate of drug-likeness (QED) is 0.340. The zero-order chi connectivity index (χ0) is 25.7. The third-order valence-corrected chi connectivity index (χ3v) is 10.5. The molecule has 0 aromatic rings. The van der Waals surface area contributed by atoms with Gasteiger partial charge in [-0.05, 0) is 62.7 Å². The fourth-order valence-electron chi connectivity index (χ4n) is 8.29. The molecule has 5 rings (SSSR count). The SMILES string of the molecule is C=C1CC(C(=O)O[C@]2(C(=O)S)[C@H](C)C[C@H]3[C@@H]4C[C@H](F)C5=CC(=O)C=C[C@]5(C)[C@@]4(F)[C@@H](O)C[C@@]32C)C1. The van der Waals surface area contributed by atoms with Gasteiger partial charge < -0.3 is 9.84 Å². The van der Waals surface area contributed by atoms with Gasteiger partial charge in [0.2, 0.25) is 5.12 Å². The molecule has 35 heavy (non-hydrogen) atoms. The first-order chi connectivity index (χ1) is 16.2. The Morgan fingerprint density at radius 1 is 1.23 bits per heavy atom. The molecular weight excluding hydrogens is 474 g/mol. The van der Waals surface area contributed by atoms with Crippen LogP contribution in [-0.4, -0.2) is 45.5 Å². The van der Waals surface area contributed by atoms with Crippen molar-refractivity contribution in [1.82, 2.24) is 0 Å². The highest BCUT2D eigenvalue weighted by atomic mass is 32.1. The van der Waals surface area contributed by atoms with E-state index in [0.717, 1.165) is 11.6 Å². The van der Waals surface area contributed by atoms with Gasteiger partial charge in [-0.1, -0.05) is 32.1 Å². The number of rotatable bonds is 3. The molecule has 1 N–H and O–H groups in total. The van der Waals surface area contributed by atoms with Crippen LogP contribution in [0.15, 0.2) is 36.0 Å². The predicted octanol–water partition coefficient (Wildman–Crippen LogP) is 4.26. The number of alkyl halides is 2. The first kappa shape index (κ1) is 24.9. The van der Waals surface area contributed by atoms with Gasteiger partial charge >= 0.3 is 5.97 Å². The Labute approximate surface area is 209 Å². The summed E-state index contributed by atoms with van der Waals surface area (Å²) in [5.41, 5.74) is -5.60. The standard InChI is InChI=1S/C27H32F2O5S/c1-13-7-15(8-13)22(32)34-27(23(33)35)14(2)9-17-18-11-20(28)19-10-16(30)5-6-24(19,3)26(18,29)21(31)12-25(17,27)4/h5-6,10,14-15,17-18,20-21,31H,1,7-9,11-12H2,2-4H3,(H,33,35)/t14-,17+,18+,20+,21+,24+,25+,26+,27+/m1/s1. The molecule has 8 heteroatoms. The lowest BCUT2D eigenvalue weighted by molar-refractivity contribution is -0.230. The fourth-order valence-corrected chi connectivity index (χ4v) is 8.81. The van der Waals surface area contributed by atoms with E-state index < -0.39 is 74.9 Å². The van der Waals surface area contributed by atoms with Crippen LogP contribution >= 0.6 is 12.6 Å². The highest BCUT2D eigenvalue weighted by molar-refractivity contribution is 7.96. The molecule has 9 atom stereocenters. The summed E-state index contributed by atoms with van der Waals surface area (Å²) in [7, 11) is 0. The monoisotopic (exact) mass is 506 g/mol. The Hall–Kier alpha value is -1.80. The van der Waals surface area contributed by atoms with Crippen molar-refractivity contribution in [1.29, 1.82) is 0 Å². The van der Waals surface area contributed by atoms with Gasteiger partial charge in [0, 0.05) is 22.7 Å². The zero-order valence-electron chi connectivity index (χ0n) is 20.2.